The molecule has 0 aliphatic heterocycles. The Morgan fingerprint density at radius 2 is 2.05 bits per heavy atom. The molecule has 5 heteroatoms. The van der Waals surface area contributed by atoms with E-state index in [1.807, 2.05) is 31.2 Å². The van der Waals surface area contributed by atoms with Gasteiger partial charge < -0.3 is 5.32 Å². The molecule has 0 saturated heterocycles. The van der Waals surface area contributed by atoms with Gasteiger partial charge in [0.05, 0.1) is 5.75 Å². The van der Waals surface area contributed by atoms with E-state index in [4.69, 9.17) is 0 Å². The van der Waals surface area contributed by atoms with Crippen LogP contribution in [0, 0.1) is 6.92 Å². The quantitative estimate of drug-likeness (QED) is 0.826. The second-order valence-electron chi connectivity index (χ2n) is 4.06. The Morgan fingerprint density at radius 3 is 2.79 bits per heavy atom. The summed E-state index contributed by atoms with van der Waals surface area (Å²) >= 11 is 5.29. The molecule has 0 bridgehead atoms. The number of nitrogens with one attached hydrogen (secondary N) is 1. The van der Waals surface area contributed by atoms with E-state index in [1.165, 1.54) is 4.90 Å². The second-order valence-corrected chi connectivity index (χ2v) is 5.93. The van der Waals surface area contributed by atoms with Gasteiger partial charge in [-0.15, -0.1) is 11.8 Å². The first-order chi connectivity index (χ1) is 9.19. The van der Waals surface area contributed by atoms with Gasteiger partial charge in [0.1, 0.15) is 11.6 Å². The standard InChI is InChI=1S/C14H16BrN3S/c1-3-16-13-8-10(2)17-14(18-13)9-19-12-7-5-4-6-11(12)15/h4-8H,3,9H2,1-2H3,(H,16,17,18). The van der Waals surface area contributed by atoms with E-state index in [1.54, 1.807) is 11.8 Å². The lowest BCUT2D eigenvalue weighted by molar-refractivity contribution is 0.986. The first-order valence-corrected chi connectivity index (χ1v) is 7.92. The number of thioether (sulfide) groups is 1. The number of hydrogen-bond donors (Lipinski definition) is 1. The normalized spacial score (nSPS) is 10.5. The summed E-state index contributed by atoms with van der Waals surface area (Å²) in [5.74, 6) is 2.53. The second kappa shape index (κ2) is 6.91. The molecule has 0 unspecified atom stereocenters. The fraction of sp³-hybridized carbons (Fsp3) is 0.286. The fourth-order valence-corrected chi connectivity index (χ4v) is 3.09. The summed E-state index contributed by atoms with van der Waals surface area (Å²) in [6, 6.07) is 10.2. The number of rotatable bonds is 5. The predicted octanol–water partition coefficient (Wildman–Crippen LogP) is 4.27. The Hall–Kier alpha value is -1.07. The minimum absolute atomic E-state index is 0.767. The Labute approximate surface area is 126 Å². The number of benzene rings is 1. The third-order valence-electron chi connectivity index (χ3n) is 2.45. The molecule has 100 valence electrons. The lowest BCUT2D eigenvalue weighted by Gasteiger charge is -2.07. The summed E-state index contributed by atoms with van der Waals surface area (Å²) in [6.45, 7) is 4.93. The summed E-state index contributed by atoms with van der Waals surface area (Å²) < 4.78 is 1.11. The molecule has 0 spiro atoms. The summed E-state index contributed by atoms with van der Waals surface area (Å²) in [5, 5.41) is 3.23. The van der Waals surface area contributed by atoms with Gasteiger partial charge in [-0.1, -0.05) is 12.1 Å². The van der Waals surface area contributed by atoms with E-state index in [9.17, 15) is 0 Å². The number of aromatic nitrogens is 2. The number of anilines is 1. The molecule has 0 aliphatic carbocycles. The largest absolute Gasteiger partial charge is 0.370 e. The average molecular weight is 338 g/mol. The molecule has 0 aliphatic rings. The zero-order valence-electron chi connectivity index (χ0n) is 11.0. The molecular weight excluding hydrogens is 322 g/mol. The zero-order chi connectivity index (χ0) is 13.7. The van der Waals surface area contributed by atoms with Gasteiger partial charge in [0.2, 0.25) is 0 Å². The Bertz CT molecular complexity index is 560. The van der Waals surface area contributed by atoms with Crippen LogP contribution in [0.15, 0.2) is 39.7 Å². The van der Waals surface area contributed by atoms with Crippen LogP contribution < -0.4 is 5.32 Å². The van der Waals surface area contributed by atoms with Crippen LogP contribution in [0.5, 0.6) is 0 Å². The number of nitrogens with zero attached hydrogens (tertiary/aromatic N) is 2. The van der Waals surface area contributed by atoms with Gasteiger partial charge in [0, 0.05) is 27.7 Å². The van der Waals surface area contributed by atoms with E-state index in [-0.39, 0.29) is 0 Å². The molecule has 1 N–H and O–H groups in total. The Kier molecular flexibility index (Phi) is 5.22. The molecule has 1 heterocycles. The molecule has 0 radical (unpaired) electrons. The van der Waals surface area contributed by atoms with E-state index >= 15 is 0 Å². The monoisotopic (exact) mass is 337 g/mol. The summed E-state index contributed by atoms with van der Waals surface area (Å²) in [5.41, 5.74) is 0.994. The van der Waals surface area contributed by atoms with Crippen molar-refractivity contribution < 1.29 is 0 Å². The number of hydrogen-bond acceptors (Lipinski definition) is 4. The van der Waals surface area contributed by atoms with E-state index in [0.29, 0.717) is 0 Å². The van der Waals surface area contributed by atoms with Crippen molar-refractivity contribution in [2.24, 2.45) is 0 Å². The van der Waals surface area contributed by atoms with Gasteiger partial charge in [-0.25, -0.2) is 9.97 Å². The van der Waals surface area contributed by atoms with Gasteiger partial charge >= 0.3 is 0 Å². The molecule has 0 fully saturated rings. The molecule has 2 rings (SSSR count). The van der Waals surface area contributed by atoms with Gasteiger partial charge in [-0.2, -0.15) is 0 Å². The highest BCUT2D eigenvalue weighted by Crippen LogP contribution is 2.29. The topological polar surface area (TPSA) is 37.8 Å². The van der Waals surface area contributed by atoms with Crippen molar-refractivity contribution in [1.29, 1.82) is 0 Å². The zero-order valence-corrected chi connectivity index (χ0v) is 13.4. The van der Waals surface area contributed by atoms with Crippen LogP contribution in [0.2, 0.25) is 0 Å². The molecule has 19 heavy (non-hydrogen) atoms. The first kappa shape index (κ1) is 14.3. The van der Waals surface area contributed by atoms with Crippen LogP contribution in [0.3, 0.4) is 0 Å². The maximum absolute atomic E-state index is 4.51. The van der Waals surface area contributed by atoms with Crippen LogP contribution in [0.1, 0.15) is 18.4 Å². The van der Waals surface area contributed by atoms with Crippen LogP contribution in [0.25, 0.3) is 0 Å². The molecule has 3 nitrogen and oxygen atoms in total. The lowest BCUT2D eigenvalue weighted by atomic mass is 10.4. The van der Waals surface area contributed by atoms with Crippen LogP contribution >= 0.6 is 27.7 Å². The third kappa shape index (κ3) is 4.21. The molecule has 1 aromatic carbocycles. The van der Waals surface area contributed by atoms with Gasteiger partial charge in [-0.05, 0) is 41.9 Å². The average Bonchev–Trinajstić information content (AvgIpc) is 2.37. The SMILES string of the molecule is CCNc1cc(C)nc(CSc2ccccc2Br)n1. The smallest absolute Gasteiger partial charge is 0.141 e. The number of aryl methyl sites for hydroxylation is 1. The Morgan fingerprint density at radius 1 is 1.26 bits per heavy atom. The predicted molar refractivity (Wildman–Crippen MR) is 84.6 cm³/mol. The minimum atomic E-state index is 0.767. The van der Waals surface area contributed by atoms with Crippen molar-refractivity contribution in [2.75, 3.05) is 11.9 Å². The van der Waals surface area contributed by atoms with Crippen LogP contribution in [0.4, 0.5) is 5.82 Å². The highest BCUT2D eigenvalue weighted by Gasteiger charge is 2.04. The van der Waals surface area contributed by atoms with Gasteiger partial charge in [-0.3, -0.25) is 0 Å². The van der Waals surface area contributed by atoms with E-state index in [0.717, 1.165) is 34.1 Å². The molecule has 2 aromatic rings. The van der Waals surface area contributed by atoms with Crippen molar-refractivity contribution in [3.05, 3.63) is 46.3 Å². The van der Waals surface area contributed by atoms with E-state index in [2.05, 4.69) is 44.2 Å². The number of halogens is 1. The first-order valence-electron chi connectivity index (χ1n) is 6.15. The maximum Gasteiger partial charge on any atom is 0.141 e. The summed E-state index contributed by atoms with van der Waals surface area (Å²) in [4.78, 5) is 10.2. The fourth-order valence-electron chi connectivity index (χ4n) is 1.67. The van der Waals surface area contributed by atoms with Crippen molar-refractivity contribution in [2.45, 2.75) is 24.5 Å². The van der Waals surface area contributed by atoms with Crippen LogP contribution in [-0.4, -0.2) is 16.5 Å². The van der Waals surface area contributed by atoms with Crippen molar-refractivity contribution >= 4 is 33.5 Å². The van der Waals surface area contributed by atoms with Crippen LogP contribution in [-0.2, 0) is 5.75 Å². The molecule has 1 aromatic heterocycles. The maximum atomic E-state index is 4.51. The Balaban J connectivity index is 2.09. The van der Waals surface area contributed by atoms with Crippen molar-refractivity contribution in [1.82, 2.24) is 9.97 Å². The van der Waals surface area contributed by atoms with Gasteiger partial charge in [0.25, 0.3) is 0 Å². The summed E-state index contributed by atoms with van der Waals surface area (Å²) in [6.07, 6.45) is 0. The van der Waals surface area contributed by atoms with Crippen molar-refractivity contribution in [3.8, 4) is 0 Å². The van der Waals surface area contributed by atoms with Gasteiger partial charge in [0.15, 0.2) is 0 Å². The molecule has 0 saturated carbocycles. The lowest BCUT2D eigenvalue weighted by Crippen LogP contribution is -2.04. The van der Waals surface area contributed by atoms with Crippen molar-refractivity contribution in [3.63, 3.8) is 0 Å². The van der Waals surface area contributed by atoms with E-state index < -0.39 is 0 Å². The summed E-state index contributed by atoms with van der Waals surface area (Å²) in [7, 11) is 0. The molecule has 0 amide bonds. The highest BCUT2D eigenvalue weighted by molar-refractivity contribution is 9.10. The molecule has 0 atom stereocenters. The molecular formula is C14H16BrN3S. The minimum Gasteiger partial charge on any atom is -0.370 e. The third-order valence-corrected chi connectivity index (χ3v) is 4.48. The highest BCUT2D eigenvalue weighted by atomic mass is 79.9.